The number of carbonyl (C=O) groups excluding carboxylic acids is 1. The third-order valence-electron chi connectivity index (χ3n) is 6.17. The van der Waals surface area contributed by atoms with Crippen molar-refractivity contribution in [3.05, 3.63) is 69.1 Å². The van der Waals surface area contributed by atoms with Crippen LogP contribution in [0.2, 0.25) is 0 Å². The number of nitrogens with one attached hydrogen (secondary N) is 1. The lowest BCUT2D eigenvalue weighted by molar-refractivity contribution is -0.124. The van der Waals surface area contributed by atoms with Gasteiger partial charge in [-0.3, -0.25) is 9.59 Å². The van der Waals surface area contributed by atoms with Crippen molar-refractivity contribution in [1.29, 1.82) is 0 Å². The van der Waals surface area contributed by atoms with Crippen LogP contribution in [0.15, 0.2) is 46.2 Å². The van der Waals surface area contributed by atoms with Crippen LogP contribution >= 0.6 is 11.8 Å². The first-order valence-electron chi connectivity index (χ1n) is 11.0. The molecule has 2 N–H and O–H groups in total. The smallest absolute Gasteiger partial charge is 0.342 e. The highest BCUT2D eigenvalue weighted by Gasteiger charge is 2.36. The molecule has 0 bridgehead atoms. The molecule has 0 aliphatic carbocycles. The summed E-state index contributed by atoms with van der Waals surface area (Å²) in [5.41, 5.74) is 0.830. The fourth-order valence-electron chi connectivity index (χ4n) is 4.72. The molecule has 7 nitrogen and oxygen atoms in total. The first-order valence-corrected chi connectivity index (χ1v) is 12.0. The molecule has 9 heteroatoms. The van der Waals surface area contributed by atoms with E-state index in [2.05, 4.69) is 5.32 Å². The number of halogens is 1. The molecule has 3 aromatic rings. The molecule has 1 atom stereocenters. The van der Waals surface area contributed by atoms with Crippen molar-refractivity contribution < 1.29 is 19.1 Å². The van der Waals surface area contributed by atoms with Crippen LogP contribution in [0.5, 0.6) is 0 Å². The van der Waals surface area contributed by atoms with Crippen molar-refractivity contribution in [1.82, 2.24) is 9.88 Å². The zero-order valence-electron chi connectivity index (χ0n) is 19.0. The van der Waals surface area contributed by atoms with Crippen molar-refractivity contribution in [2.24, 2.45) is 0 Å². The van der Waals surface area contributed by atoms with E-state index >= 15 is 4.39 Å². The number of amides is 1. The van der Waals surface area contributed by atoms with E-state index in [9.17, 15) is 19.5 Å². The van der Waals surface area contributed by atoms with Gasteiger partial charge >= 0.3 is 5.97 Å². The SMILES string of the molecule is CC(C)(C)NC(=O)C1c2ccccc2CCN1c1cc2c(=O)c(C(=O)O)c3n(c2cc1F)CS3. The molecular formula is C25H24FN3O4S. The van der Waals surface area contributed by atoms with Gasteiger partial charge in [0, 0.05) is 23.5 Å². The van der Waals surface area contributed by atoms with Crippen molar-refractivity contribution in [2.45, 2.75) is 49.7 Å². The van der Waals surface area contributed by atoms with Crippen LogP contribution in [-0.4, -0.2) is 33.6 Å². The quantitative estimate of drug-likeness (QED) is 0.589. The van der Waals surface area contributed by atoms with Crippen LogP contribution in [0.1, 0.15) is 48.3 Å². The summed E-state index contributed by atoms with van der Waals surface area (Å²) >= 11 is 1.25. The maximum Gasteiger partial charge on any atom is 0.342 e. The summed E-state index contributed by atoms with van der Waals surface area (Å²) in [6, 6.07) is 9.48. The van der Waals surface area contributed by atoms with Gasteiger partial charge in [0.1, 0.15) is 17.4 Å². The number of hydrogen-bond acceptors (Lipinski definition) is 5. The first kappa shape index (κ1) is 22.5. The predicted octanol–water partition coefficient (Wildman–Crippen LogP) is 3.92. The van der Waals surface area contributed by atoms with Gasteiger partial charge in [-0.2, -0.15) is 0 Å². The number of thioether (sulfide) groups is 1. The van der Waals surface area contributed by atoms with E-state index in [1.807, 2.05) is 45.0 Å². The Balaban J connectivity index is 1.70. The second kappa shape index (κ2) is 7.87. The molecule has 1 amide bonds. The van der Waals surface area contributed by atoms with Gasteiger partial charge in [-0.25, -0.2) is 9.18 Å². The number of carbonyl (C=O) groups is 2. The van der Waals surface area contributed by atoms with Crippen molar-refractivity contribution >= 4 is 40.2 Å². The third-order valence-corrected chi connectivity index (χ3v) is 7.26. The Kier molecular flexibility index (Phi) is 5.20. The molecule has 0 spiro atoms. The summed E-state index contributed by atoms with van der Waals surface area (Å²) in [6.07, 6.45) is 0.604. The number of rotatable bonds is 3. The van der Waals surface area contributed by atoms with E-state index in [4.69, 9.17) is 0 Å². The number of fused-ring (bicyclic) bond motifs is 4. The second-order valence-electron chi connectivity index (χ2n) is 9.62. The van der Waals surface area contributed by atoms with Crippen LogP contribution in [0, 0.1) is 5.82 Å². The largest absolute Gasteiger partial charge is 0.477 e. The molecule has 5 rings (SSSR count). The summed E-state index contributed by atoms with van der Waals surface area (Å²) in [5.74, 6) is -1.69. The molecule has 3 heterocycles. The lowest BCUT2D eigenvalue weighted by Crippen LogP contribution is -2.50. The van der Waals surface area contributed by atoms with E-state index in [0.717, 1.165) is 11.1 Å². The summed E-state index contributed by atoms with van der Waals surface area (Å²) in [4.78, 5) is 40.0. The number of aromatic nitrogens is 1. The molecule has 1 unspecified atom stereocenters. The standard InChI is InChI=1S/C25H24FN3O4S/c1-25(2,3)27-22(31)20-14-7-5-4-6-13(14)8-9-28(20)18-10-15-17(11-16(18)26)29-12-34-23(29)19(21(15)30)24(32)33/h4-7,10-11,20H,8-9,12H2,1-3H3,(H,27,31)(H,32,33). The topological polar surface area (TPSA) is 91.6 Å². The summed E-state index contributed by atoms with van der Waals surface area (Å²) < 4.78 is 17.2. The normalized spacial score (nSPS) is 17.1. The maximum atomic E-state index is 15.6. The number of carboxylic acid groups (broad SMARTS) is 1. The average molecular weight is 482 g/mol. The Morgan fingerprint density at radius 1 is 1.21 bits per heavy atom. The molecule has 2 aliphatic rings. The number of aromatic carboxylic acids is 1. The zero-order valence-corrected chi connectivity index (χ0v) is 19.8. The van der Waals surface area contributed by atoms with Crippen LogP contribution in [0.4, 0.5) is 10.1 Å². The van der Waals surface area contributed by atoms with E-state index in [-0.39, 0.29) is 22.5 Å². The minimum Gasteiger partial charge on any atom is -0.477 e. The van der Waals surface area contributed by atoms with Gasteiger partial charge in [0.15, 0.2) is 0 Å². The van der Waals surface area contributed by atoms with E-state index in [1.54, 1.807) is 9.47 Å². The van der Waals surface area contributed by atoms with Crippen LogP contribution < -0.4 is 15.6 Å². The highest BCUT2D eigenvalue weighted by Crippen LogP contribution is 2.40. The fraction of sp³-hybridized carbons (Fsp3) is 0.320. The van der Waals surface area contributed by atoms with Gasteiger partial charge < -0.3 is 19.9 Å². The van der Waals surface area contributed by atoms with E-state index < -0.39 is 28.8 Å². The molecule has 34 heavy (non-hydrogen) atoms. The monoisotopic (exact) mass is 481 g/mol. The molecule has 0 radical (unpaired) electrons. The molecule has 176 valence electrons. The average Bonchev–Trinajstić information content (AvgIpc) is 2.73. The fourth-order valence-corrected chi connectivity index (χ4v) is 5.67. The number of hydrogen-bond donors (Lipinski definition) is 2. The maximum absolute atomic E-state index is 15.6. The minimum atomic E-state index is -1.30. The number of anilines is 1. The van der Waals surface area contributed by atoms with Gasteiger partial charge in [0.2, 0.25) is 11.3 Å². The lowest BCUT2D eigenvalue weighted by Gasteiger charge is -2.39. The predicted molar refractivity (Wildman–Crippen MR) is 129 cm³/mol. The van der Waals surface area contributed by atoms with Crippen molar-refractivity contribution in [3.8, 4) is 0 Å². The molecule has 0 saturated heterocycles. The third kappa shape index (κ3) is 3.55. The number of nitrogens with zero attached hydrogens (tertiary/aromatic N) is 2. The van der Waals surface area contributed by atoms with E-state index in [0.29, 0.717) is 29.4 Å². The number of benzene rings is 2. The van der Waals surface area contributed by atoms with Crippen molar-refractivity contribution in [2.75, 3.05) is 11.4 Å². The van der Waals surface area contributed by atoms with Crippen LogP contribution in [0.3, 0.4) is 0 Å². The van der Waals surface area contributed by atoms with Gasteiger partial charge in [0.05, 0.1) is 22.1 Å². The van der Waals surface area contributed by atoms with Crippen LogP contribution in [0.25, 0.3) is 10.9 Å². The lowest BCUT2D eigenvalue weighted by atomic mass is 9.90. The van der Waals surface area contributed by atoms with Gasteiger partial charge in [0.25, 0.3) is 0 Å². The Hall–Kier alpha value is -3.33. The summed E-state index contributed by atoms with van der Waals surface area (Å²) in [6.45, 7) is 6.01. The highest BCUT2D eigenvalue weighted by molar-refractivity contribution is 7.99. The summed E-state index contributed by atoms with van der Waals surface area (Å²) in [5, 5.41) is 13.1. The van der Waals surface area contributed by atoms with E-state index in [1.165, 1.54) is 23.9 Å². The Morgan fingerprint density at radius 3 is 2.59 bits per heavy atom. The Bertz CT molecular complexity index is 1430. The second-order valence-corrected chi connectivity index (χ2v) is 10.6. The molecule has 1 aromatic heterocycles. The summed E-state index contributed by atoms with van der Waals surface area (Å²) in [7, 11) is 0. The molecule has 2 aromatic carbocycles. The van der Waals surface area contributed by atoms with Gasteiger partial charge in [-0.15, -0.1) is 0 Å². The number of pyridine rings is 1. The minimum absolute atomic E-state index is 0.108. The molecular weight excluding hydrogens is 457 g/mol. The molecule has 0 saturated carbocycles. The van der Waals surface area contributed by atoms with Crippen molar-refractivity contribution in [3.63, 3.8) is 0 Å². The van der Waals surface area contributed by atoms with Gasteiger partial charge in [-0.05, 0) is 44.4 Å². The Labute approximate surface area is 199 Å². The van der Waals surface area contributed by atoms with Crippen LogP contribution in [-0.2, 0) is 17.1 Å². The van der Waals surface area contributed by atoms with Gasteiger partial charge in [-0.1, -0.05) is 36.0 Å². The molecule has 0 fully saturated rings. The number of carboxylic acids is 1. The Morgan fingerprint density at radius 2 is 1.94 bits per heavy atom. The first-order chi connectivity index (χ1) is 16.1. The highest BCUT2D eigenvalue weighted by atomic mass is 32.2. The zero-order chi connectivity index (χ0) is 24.4. The molecule has 2 aliphatic heterocycles.